The maximum atomic E-state index is 5.37. The Bertz CT molecular complexity index is 581. The third kappa shape index (κ3) is 3.35. The molecule has 0 unspecified atom stereocenters. The molecule has 2 aromatic rings. The Morgan fingerprint density at radius 1 is 1.17 bits per heavy atom. The van der Waals surface area contributed by atoms with E-state index in [2.05, 4.69) is 32.8 Å². The van der Waals surface area contributed by atoms with E-state index in [0.717, 1.165) is 21.5 Å². The second kappa shape index (κ2) is 6.23. The summed E-state index contributed by atoms with van der Waals surface area (Å²) in [6, 6.07) is 11.5. The standard InChI is InChI=1S/C15H12BrNO/c1-2-18-13-8-5-12(6-9-13)7-10-15-14(16)4-3-11-17-15/h3-6,8-9,11H,2H2,1H3. The lowest BCUT2D eigenvalue weighted by molar-refractivity contribution is 0.340. The molecule has 0 radical (unpaired) electrons. The van der Waals surface area contributed by atoms with E-state index in [1.165, 1.54) is 0 Å². The first kappa shape index (κ1) is 12.7. The fourth-order valence-electron chi connectivity index (χ4n) is 1.41. The summed E-state index contributed by atoms with van der Waals surface area (Å²) in [5, 5.41) is 0. The highest BCUT2D eigenvalue weighted by atomic mass is 79.9. The van der Waals surface area contributed by atoms with Gasteiger partial charge in [-0.25, -0.2) is 4.98 Å². The highest BCUT2D eigenvalue weighted by molar-refractivity contribution is 9.10. The van der Waals surface area contributed by atoms with Crippen molar-refractivity contribution >= 4 is 15.9 Å². The van der Waals surface area contributed by atoms with Gasteiger partial charge >= 0.3 is 0 Å². The smallest absolute Gasteiger partial charge is 0.127 e. The molecule has 18 heavy (non-hydrogen) atoms. The van der Waals surface area contributed by atoms with Gasteiger partial charge in [-0.3, -0.25) is 0 Å². The molecule has 2 rings (SSSR count). The molecule has 0 fully saturated rings. The van der Waals surface area contributed by atoms with Gasteiger partial charge in [-0.15, -0.1) is 0 Å². The molecule has 0 saturated carbocycles. The number of ether oxygens (including phenoxy) is 1. The Hall–Kier alpha value is -1.79. The van der Waals surface area contributed by atoms with Crippen LogP contribution in [-0.4, -0.2) is 11.6 Å². The summed E-state index contributed by atoms with van der Waals surface area (Å²) in [5.41, 5.74) is 1.68. The zero-order valence-electron chi connectivity index (χ0n) is 9.98. The molecule has 1 heterocycles. The van der Waals surface area contributed by atoms with Gasteiger partial charge in [0.05, 0.1) is 11.1 Å². The topological polar surface area (TPSA) is 22.1 Å². The van der Waals surface area contributed by atoms with Crippen molar-refractivity contribution in [2.24, 2.45) is 0 Å². The zero-order chi connectivity index (χ0) is 12.8. The van der Waals surface area contributed by atoms with Crippen LogP contribution in [0.5, 0.6) is 5.75 Å². The Morgan fingerprint density at radius 2 is 1.94 bits per heavy atom. The summed E-state index contributed by atoms with van der Waals surface area (Å²) in [5.74, 6) is 6.97. The summed E-state index contributed by atoms with van der Waals surface area (Å²) in [6.45, 7) is 2.64. The lowest BCUT2D eigenvalue weighted by Gasteiger charge is -2.01. The molecule has 0 saturated heterocycles. The van der Waals surface area contributed by atoms with Crippen LogP contribution in [0.1, 0.15) is 18.2 Å². The van der Waals surface area contributed by atoms with Crippen molar-refractivity contribution in [3.63, 3.8) is 0 Å². The van der Waals surface area contributed by atoms with Crippen LogP contribution in [0, 0.1) is 11.8 Å². The Balaban J connectivity index is 2.17. The van der Waals surface area contributed by atoms with Gasteiger partial charge < -0.3 is 4.74 Å². The lowest BCUT2D eigenvalue weighted by Crippen LogP contribution is -1.90. The first-order valence-electron chi connectivity index (χ1n) is 5.65. The van der Waals surface area contributed by atoms with Crippen molar-refractivity contribution in [1.82, 2.24) is 4.98 Å². The van der Waals surface area contributed by atoms with Gasteiger partial charge in [-0.2, -0.15) is 0 Å². The van der Waals surface area contributed by atoms with Crippen LogP contribution in [0.3, 0.4) is 0 Å². The van der Waals surface area contributed by atoms with Gasteiger partial charge in [0.1, 0.15) is 11.4 Å². The molecule has 0 aliphatic rings. The predicted molar refractivity (Wildman–Crippen MR) is 75.5 cm³/mol. The van der Waals surface area contributed by atoms with Crippen molar-refractivity contribution in [3.8, 4) is 17.6 Å². The van der Waals surface area contributed by atoms with Crippen molar-refractivity contribution in [2.75, 3.05) is 6.61 Å². The van der Waals surface area contributed by atoms with E-state index in [0.29, 0.717) is 6.61 Å². The molecule has 90 valence electrons. The van der Waals surface area contributed by atoms with Gasteiger partial charge in [-0.05, 0) is 65.2 Å². The quantitative estimate of drug-likeness (QED) is 0.790. The number of nitrogens with zero attached hydrogens (tertiary/aromatic N) is 1. The maximum absolute atomic E-state index is 5.37. The molecule has 1 aromatic heterocycles. The van der Waals surface area contributed by atoms with Gasteiger partial charge in [-0.1, -0.05) is 5.92 Å². The van der Waals surface area contributed by atoms with Crippen molar-refractivity contribution in [2.45, 2.75) is 6.92 Å². The minimum absolute atomic E-state index is 0.673. The van der Waals surface area contributed by atoms with Crippen LogP contribution >= 0.6 is 15.9 Å². The summed E-state index contributed by atoms with van der Waals surface area (Å²) in [7, 11) is 0. The second-order valence-corrected chi connectivity index (χ2v) is 4.40. The Morgan fingerprint density at radius 3 is 2.61 bits per heavy atom. The molecule has 1 aromatic carbocycles. The van der Waals surface area contributed by atoms with E-state index in [-0.39, 0.29) is 0 Å². The molecule has 0 amide bonds. The van der Waals surface area contributed by atoms with E-state index >= 15 is 0 Å². The SMILES string of the molecule is CCOc1ccc(C#Cc2ncccc2Br)cc1. The number of aromatic nitrogens is 1. The summed E-state index contributed by atoms with van der Waals surface area (Å²) >= 11 is 3.42. The molecule has 0 N–H and O–H groups in total. The molecule has 0 atom stereocenters. The minimum Gasteiger partial charge on any atom is -0.494 e. The Labute approximate surface area is 115 Å². The molecule has 0 spiro atoms. The molecular formula is C15H12BrNO. The molecule has 2 nitrogen and oxygen atoms in total. The largest absolute Gasteiger partial charge is 0.494 e. The van der Waals surface area contributed by atoms with Crippen LogP contribution in [0.2, 0.25) is 0 Å². The van der Waals surface area contributed by atoms with E-state index in [1.54, 1.807) is 6.20 Å². The molecule has 0 bridgehead atoms. The van der Waals surface area contributed by atoms with Crippen LogP contribution in [-0.2, 0) is 0 Å². The first-order chi connectivity index (χ1) is 8.79. The van der Waals surface area contributed by atoms with Gasteiger partial charge in [0.25, 0.3) is 0 Å². The normalized spacial score (nSPS) is 9.44. The molecular weight excluding hydrogens is 290 g/mol. The minimum atomic E-state index is 0.673. The third-order valence-corrected chi connectivity index (χ3v) is 2.89. The van der Waals surface area contributed by atoms with Gasteiger partial charge in [0, 0.05) is 11.8 Å². The van der Waals surface area contributed by atoms with Crippen LogP contribution in [0.15, 0.2) is 47.1 Å². The van der Waals surface area contributed by atoms with Gasteiger partial charge in [0.15, 0.2) is 0 Å². The number of halogens is 1. The molecule has 0 aliphatic carbocycles. The second-order valence-electron chi connectivity index (χ2n) is 3.54. The lowest BCUT2D eigenvalue weighted by atomic mass is 10.2. The molecule has 0 aliphatic heterocycles. The number of hydrogen-bond donors (Lipinski definition) is 0. The third-order valence-electron chi connectivity index (χ3n) is 2.25. The highest BCUT2D eigenvalue weighted by Gasteiger charge is 1.95. The van der Waals surface area contributed by atoms with E-state index in [1.807, 2.05) is 43.3 Å². The zero-order valence-corrected chi connectivity index (χ0v) is 11.6. The summed E-state index contributed by atoms with van der Waals surface area (Å²) < 4.78 is 6.28. The number of benzene rings is 1. The van der Waals surface area contributed by atoms with E-state index in [4.69, 9.17) is 4.74 Å². The maximum Gasteiger partial charge on any atom is 0.127 e. The number of pyridine rings is 1. The highest BCUT2D eigenvalue weighted by Crippen LogP contribution is 2.13. The average molecular weight is 302 g/mol. The van der Waals surface area contributed by atoms with Crippen molar-refractivity contribution in [3.05, 3.63) is 58.3 Å². The first-order valence-corrected chi connectivity index (χ1v) is 6.44. The van der Waals surface area contributed by atoms with Crippen LogP contribution < -0.4 is 4.74 Å². The van der Waals surface area contributed by atoms with Crippen molar-refractivity contribution in [1.29, 1.82) is 0 Å². The Kier molecular flexibility index (Phi) is 4.38. The van der Waals surface area contributed by atoms with Gasteiger partial charge in [0.2, 0.25) is 0 Å². The average Bonchev–Trinajstić information content (AvgIpc) is 2.40. The number of hydrogen-bond acceptors (Lipinski definition) is 2. The van der Waals surface area contributed by atoms with E-state index in [9.17, 15) is 0 Å². The fraction of sp³-hybridized carbons (Fsp3) is 0.133. The predicted octanol–water partition coefficient (Wildman–Crippen LogP) is 3.64. The monoisotopic (exact) mass is 301 g/mol. The van der Waals surface area contributed by atoms with Crippen molar-refractivity contribution < 1.29 is 4.74 Å². The molecule has 3 heteroatoms. The summed E-state index contributed by atoms with van der Waals surface area (Å²) in [6.07, 6.45) is 1.73. The number of rotatable bonds is 2. The summed E-state index contributed by atoms with van der Waals surface area (Å²) in [4.78, 5) is 4.20. The van der Waals surface area contributed by atoms with Crippen LogP contribution in [0.25, 0.3) is 0 Å². The van der Waals surface area contributed by atoms with Crippen LogP contribution in [0.4, 0.5) is 0 Å². The fourth-order valence-corrected chi connectivity index (χ4v) is 1.76. The van der Waals surface area contributed by atoms with E-state index < -0.39 is 0 Å².